The standard InChI is InChI=1S/C16H23N3O3/c1-4-12-16(21)19(10-14(20)18(5-2)6-3)15-11(17)8-7-9-13(15)22-12/h7-9,12H,4-6,10,17H2,1-3H3. The van der Waals surface area contributed by atoms with Crippen molar-refractivity contribution < 1.29 is 14.3 Å². The molecule has 6 heteroatoms. The number of fused-ring (bicyclic) bond motifs is 1. The second-order valence-electron chi connectivity index (χ2n) is 5.20. The van der Waals surface area contributed by atoms with Crippen molar-refractivity contribution in [1.29, 1.82) is 0 Å². The Balaban J connectivity index is 2.36. The number of hydrogen-bond donors (Lipinski definition) is 1. The molecule has 1 unspecified atom stereocenters. The van der Waals surface area contributed by atoms with Gasteiger partial charge in [-0.05, 0) is 32.4 Å². The summed E-state index contributed by atoms with van der Waals surface area (Å²) in [6, 6.07) is 5.26. The molecule has 6 nitrogen and oxygen atoms in total. The Morgan fingerprint density at radius 2 is 2.00 bits per heavy atom. The van der Waals surface area contributed by atoms with Crippen LogP contribution in [-0.4, -0.2) is 42.5 Å². The molecule has 0 fully saturated rings. The fourth-order valence-corrected chi connectivity index (χ4v) is 2.64. The molecule has 2 rings (SSSR count). The first-order chi connectivity index (χ1) is 10.5. The average Bonchev–Trinajstić information content (AvgIpc) is 2.51. The molecule has 1 aromatic rings. The second-order valence-corrected chi connectivity index (χ2v) is 5.20. The van der Waals surface area contributed by atoms with Crippen molar-refractivity contribution in [2.75, 3.05) is 30.3 Å². The number of nitrogens with two attached hydrogens (primary N) is 1. The molecule has 1 atom stereocenters. The highest BCUT2D eigenvalue weighted by atomic mass is 16.5. The van der Waals surface area contributed by atoms with Crippen molar-refractivity contribution in [3.63, 3.8) is 0 Å². The van der Waals surface area contributed by atoms with Gasteiger partial charge in [-0.25, -0.2) is 0 Å². The van der Waals surface area contributed by atoms with Gasteiger partial charge in [-0.15, -0.1) is 0 Å². The van der Waals surface area contributed by atoms with E-state index in [0.717, 1.165) is 0 Å². The van der Waals surface area contributed by atoms with Gasteiger partial charge in [0.05, 0.1) is 5.69 Å². The van der Waals surface area contributed by atoms with Crippen LogP contribution in [0.1, 0.15) is 27.2 Å². The molecule has 22 heavy (non-hydrogen) atoms. The number of hydrogen-bond acceptors (Lipinski definition) is 4. The maximum absolute atomic E-state index is 12.6. The zero-order valence-electron chi connectivity index (χ0n) is 13.3. The molecule has 0 aromatic heterocycles. The maximum Gasteiger partial charge on any atom is 0.268 e. The third-order valence-corrected chi connectivity index (χ3v) is 3.89. The molecule has 0 bridgehead atoms. The van der Waals surface area contributed by atoms with Gasteiger partial charge in [0.2, 0.25) is 5.91 Å². The van der Waals surface area contributed by atoms with Crippen LogP contribution >= 0.6 is 0 Å². The van der Waals surface area contributed by atoms with E-state index in [9.17, 15) is 9.59 Å². The van der Waals surface area contributed by atoms with Crippen LogP contribution in [0.5, 0.6) is 5.75 Å². The van der Waals surface area contributed by atoms with Gasteiger partial charge in [-0.1, -0.05) is 13.0 Å². The van der Waals surface area contributed by atoms with Crippen molar-refractivity contribution in [1.82, 2.24) is 4.90 Å². The van der Waals surface area contributed by atoms with E-state index in [2.05, 4.69) is 0 Å². The Bertz CT molecular complexity index is 570. The van der Waals surface area contributed by atoms with Crippen LogP contribution in [0.4, 0.5) is 11.4 Å². The number of benzene rings is 1. The quantitative estimate of drug-likeness (QED) is 0.839. The fourth-order valence-electron chi connectivity index (χ4n) is 2.64. The molecular weight excluding hydrogens is 282 g/mol. The Kier molecular flexibility index (Phi) is 4.90. The average molecular weight is 305 g/mol. The summed E-state index contributed by atoms with van der Waals surface area (Å²) < 4.78 is 5.70. The molecule has 0 saturated heterocycles. The smallest absolute Gasteiger partial charge is 0.268 e. The van der Waals surface area contributed by atoms with Crippen molar-refractivity contribution in [2.45, 2.75) is 33.3 Å². The molecule has 1 heterocycles. The summed E-state index contributed by atoms with van der Waals surface area (Å²) in [6.45, 7) is 6.93. The maximum atomic E-state index is 12.6. The second kappa shape index (κ2) is 6.68. The number of likely N-dealkylation sites (N-methyl/N-ethyl adjacent to an activating group) is 1. The Morgan fingerprint density at radius 3 is 2.59 bits per heavy atom. The number of carbonyl (C=O) groups is 2. The number of ether oxygens (including phenoxy) is 1. The minimum Gasteiger partial charge on any atom is -0.478 e. The number of rotatable bonds is 5. The van der Waals surface area contributed by atoms with Gasteiger partial charge in [0.15, 0.2) is 6.10 Å². The third kappa shape index (κ3) is 2.86. The minimum absolute atomic E-state index is 0.0123. The highest BCUT2D eigenvalue weighted by Gasteiger charge is 2.36. The molecule has 0 radical (unpaired) electrons. The predicted molar refractivity (Wildman–Crippen MR) is 85.8 cm³/mol. The highest BCUT2D eigenvalue weighted by Crippen LogP contribution is 2.39. The molecule has 120 valence electrons. The van der Waals surface area contributed by atoms with Gasteiger partial charge in [0.1, 0.15) is 18.0 Å². The molecule has 0 saturated carbocycles. The lowest BCUT2D eigenvalue weighted by Crippen LogP contribution is -2.50. The monoisotopic (exact) mass is 305 g/mol. The zero-order valence-corrected chi connectivity index (χ0v) is 13.3. The summed E-state index contributed by atoms with van der Waals surface area (Å²) in [6.07, 6.45) is -0.0259. The van der Waals surface area contributed by atoms with Crippen molar-refractivity contribution in [3.8, 4) is 5.75 Å². The zero-order chi connectivity index (χ0) is 16.3. The summed E-state index contributed by atoms with van der Waals surface area (Å²) in [5.74, 6) is 0.247. The van der Waals surface area contributed by atoms with Gasteiger partial charge in [-0.3, -0.25) is 14.5 Å². The summed E-state index contributed by atoms with van der Waals surface area (Å²) >= 11 is 0. The van der Waals surface area contributed by atoms with E-state index < -0.39 is 6.10 Å². The highest BCUT2D eigenvalue weighted by molar-refractivity contribution is 6.06. The molecule has 2 amide bonds. The van der Waals surface area contributed by atoms with Crippen molar-refractivity contribution in [3.05, 3.63) is 18.2 Å². The van der Waals surface area contributed by atoms with E-state index in [1.54, 1.807) is 23.1 Å². The van der Waals surface area contributed by atoms with Gasteiger partial charge in [0, 0.05) is 13.1 Å². The van der Waals surface area contributed by atoms with Gasteiger partial charge < -0.3 is 15.4 Å². The summed E-state index contributed by atoms with van der Waals surface area (Å²) in [4.78, 5) is 28.1. The minimum atomic E-state index is -0.571. The van der Waals surface area contributed by atoms with E-state index in [4.69, 9.17) is 10.5 Å². The largest absolute Gasteiger partial charge is 0.478 e. The van der Waals surface area contributed by atoms with Gasteiger partial charge >= 0.3 is 0 Å². The Hall–Kier alpha value is -2.24. The van der Waals surface area contributed by atoms with Gasteiger partial charge in [0.25, 0.3) is 5.91 Å². The molecule has 1 aromatic carbocycles. The summed E-state index contributed by atoms with van der Waals surface area (Å²) in [5.41, 5.74) is 6.93. The number of para-hydroxylation sites is 1. The van der Waals surface area contributed by atoms with E-state index in [0.29, 0.717) is 36.6 Å². The van der Waals surface area contributed by atoms with Crippen molar-refractivity contribution in [2.24, 2.45) is 0 Å². The lowest BCUT2D eigenvalue weighted by molar-refractivity contribution is -0.133. The van der Waals surface area contributed by atoms with Gasteiger partial charge in [-0.2, -0.15) is 0 Å². The first-order valence-corrected chi connectivity index (χ1v) is 7.67. The number of amides is 2. The Morgan fingerprint density at radius 1 is 1.32 bits per heavy atom. The van der Waals surface area contributed by atoms with Crippen molar-refractivity contribution >= 4 is 23.2 Å². The first-order valence-electron chi connectivity index (χ1n) is 7.67. The number of nitrogen functional groups attached to an aromatic ring is 1. The molecule has 1 aliphatic rings. The Labute approximate surface area is 130 Å². The summed E-state index contributed by atoms with van der Waals surface area (Å²) in [7, 11) is 0. The molecule has 1 aliphatic heterocycles. The van der Waals surface area contributed by atoms with E-state index >= 15 is 0 Å². The van der Waals surface area contributed by atoms with Crippen LogP contribution in [0.3, 0.4) is 0 Å². The van der Waals surface area contributed by atoms with Crippen LogP contribution in [0.25, 0.3) is 0 Å². The van der Waals surface area contributed by atoms with E-state index in [1.165, 1.54) is 4.90 Å². The molecule has 0 aliphatic carbocycles. The molecule has 0 spiro atoms. The molecule has 2 N–H and O–H groups in total. The first kappa shape index (κ1) is 16.1. The topological polar surface area (TPSA) is 75.9 Å². The van der Waals surface area contributed by atoms with Crippen LogP contribution in [0.2, 0.25) is 0 Å². The van der Waals surface area contributed by atoms with E-state index in [1.807, 2.05) is 20.8 Å². The van der Waals surface area contributed by atoms with Crippen LogP contribution in [0.15, 0.2) is 18.2 Å². The fraction of sp³-hybridized carbons (Fsp3) is 0.500. The number of carbonyl (C=O) groups excluding carboxylic acids is 2. The lowest BCUT2D eigenvalue weighted by atomic mass is 10.1. The van der Waals surface area contributed by atoms with Crippen LogP contribution in [0, 0.1) is 0 Å². The van der Waals surface area contributed by atoms with Crippen LogP contribution in [-0.2, 0) is 9.59 Å². The number of nitrogens with zero attached hydrogens (tertiary/aromatic N) is 2. The number of anilines is 2. The lowest BCUT2D eigenvalue weighted by Gasteiger charge is -2.35. The molecular formula is C16H23N3O3. The predicted octanol–water partition coefficient (Wildman–Crippen LogP) is 1.64. The van der Waals surface area contributed by atoms with E-state index in [-0.39, 0.29) is 18.4 Å². The normalized spacial score (nSPS) is 17.0. The SMILES string of the molecule is CCC1Oc2cccc(N)c2N(CC(=O)N(CC)CC)C1=O. The third-order valence-electron chi connectivity index (χ3n) is 3.89. The van der Waals surface area contributed by atoms with Crippen LogP contribution < -0.4 is 15.4 Å². The summed E-state index contributed by atoms with van der Waals surface area (Å²) in [5, 5.41) is 0.